The molecular formula is C20H31N2O11PS. The second kappa shape index (κ2) is 13.8. The van der Waals surface area contributed by atoms with Crippen molar-refractivity contribution in [3.05, 3.63) is 0 Å². The summed E-state index contributed by atoms with van der Waals surface area (Å²) in [6.45, 7) is 4.52. The van der Waals surface area contributed by atoms with Crippen LogP contribution in [0.3, 0.4) is 0 Å². The maximum atomic E-state index is 12.3. The van der Waals surface area contributed by atoms with Crippen molar-refractivity contribution >= 4 is 54.1 Å². The van der Waals surface area contributed by atoms with Gasteiger partial charge in [0.2, 0.25) is 11.8 Å². The molecule has 2 amide bonds. The largest absolute Gasteiger partial charge is 0.481 e. The van der Waals surface area contributed by atoms with Gasteiger partial charge in [-0.25, -0.2) is 4.57 Å². The molecule has 0 spiro atoms. The van der Waals surface area contributed by atoms with Crippen LogP contribution in [-0.2, 0) is 42.4 Å². The van der Waals surface area contributed by atoms with Gasteiger partial charge in [-0.2, -0.15) is 0 Å². The summed E-state index contributed by atoms with van der Waals surface area (Å²) in [5.41, 5.74) is -0.850. The van der Waals surface area contributed by atoms with Crippen LogP contribution in [0.5, 0.6) is 0 Å². The van der Waals surface area contributed by atoms with E-state index in [1.807, 2.05) is 0 Å². The molecule has 0 aromatic carbocycles. The minimum absolute atomic E-state index is 0.0500. The van der Waals surface area contributed by atoms with Crippen molar-refractivity contribution in [2.24, 2.45) is 11.3 Å². The number of phosphoric ester groups is 1. The Bertz CT molecular complexity index is 892. The average Bonchev–Trinajstić information content (AvgIpc) is 2.76. The van der Waals surface area contributed by atoms with Gasteiger partial charge in [-0.05, 0) is 6.92 Å². The van der Waals surface area contributed by atoms with Gasteiger partial charge in [-0.1, -0.05) is 25.6 Å². The highest BCUT2D eigenvalue weighted by atomic mass is 32.2. The zero-order valence-electron chi connectivity index (χ0n) is 19.7. The van der Waals surface area contributed by atoms with Gasteiger partial charge in [-0.3, -0.25) is 37.8 Å². The van der Waals surface area contributed by atoms with Crippen molar-refractivity contribution < 1.29 is 52.4 Å². The molecule has 1 heterocycles. The molecule has 1 aliphatic rings. The molecule has 0 saturated carbocycles. The van der Waals surface area contributed by atoms with Crippen LogP contribution in [0.1, 0.15) is 46.5 Å². The van der Waals surface area contributed by atoms with E-state index in [2.05, 4.69) is 10.6 Å². The van der Waals surface area contributed by atoms with Gasteiger partial charge in [0.15, 0.2) is 17.0 Å². The van der Waals surface area contributed by atoms with Gasteiger partial charge >= 0.3 is 13.8 Å². The van der Waals surface area contributed by atoms with E-state index in [1.54, 1.807) is 13.8 Å². The molecule has 35 heavy (non-hydrogen) atoms. The number of ketones is 2. The molecule has 15 heteroatoms. The number of carboxylic acid groups (broad SMARTS) is 1. The minimum Gasteiger partial charge on any atom is -0.481 e. The van der Waals surface area contributed by atoms with E-state index in [1.165, 1.54) is 6.92 Å². The molecule has 1 saturated heterocycles. The molecule has 2 unspecified atom stereocenters. The van der Waals surface area contributed by atoms with E-state index in [-0.39, 0.29) is 44.7 Å². The van der Waals surface area contributed by atoms with Crippen LogP contribution >= 0.6 is 19.6 Å². The van der Waals surface area contributed by atoms with Gasteiger partial charge in [0.25, 0.3) is 0 Å². The van der Waals surface area contributed by atoms with Crippen molar-refractivity contribution in [3.8, 4) is 0 Å². The van der Waals surface area contributed by atoms with E-state index in [0.717, 1.165) is 11.8 Å². The van der Waals surface area contributed by atoms with Crippen molar-refractivity contribution in [3.63, 3.8) is 0 Å². The number of rotatable bonds is 14. The number of nitrogens with one attached hydrogen (secondary N) is 2. The summed E-state index contributed by atoms with van der Waals surface area (Å²) >= 11 is 0.813. The minimum atomic E-state index is -4.31. The molecule has 0 aliphatic carbocycles. The van der Waals surface area contributed by atoms with Crippen LogP contribution in [-0.4, -0.2) is 76.0 Å². The fourth-order valence-electron chi connectivity index (χ4n) is 2.84. The second-order valence-corrected chi connectivity index (χ2v) is 11.1. The number of phosphoric acid groups is 1. The normalized spacial score (nSPS) is 22.0. The molecular weight excluding hydrogens is 507 g/mol. The number of carboxylic acids is 1. The van der Waals surface area contributed by atoms with Crippen LogP contribution < -0.4 is 10.6 Å². The third-order valence-corrected chi connectivity index (χ3v) is 6.80. The predicted octanol–water partition coefficient (Wildman–Crippen LogP) is 0.440. The summed E-state index contributed by atoms with van der Waals surface area (Å²) in [7, 11) is -4.31. The first-order valence-electron chi connectivity index (χ1n) is 10.8. The highest BCUT2D eigenvalue weighted by molar-refractivity contribution is 8.13. The molecule has 4 N–H and O–H groups in total. The lowest BCUT2D eigenvalue weighted by atomic mass is 9.87. The Labute approximate surface area is 206 Å². The summed E-state index contributed by atoms with van der Waals surface area (Å²) in [6.07, 6.45) is -2.45. The van der Waals surface area contributed by atoms with E-state index in [0.29, 0.717) is 0 Å². The summed E-state index contributed by atoms with van der Waals surface area (Å²) in [5.74, 6) is -4.21. The number of hydrogen-bond donors (Lipinski definition) is 4. The third kappa shape index (κ3) is 11.4. The Hall–Kier alpha value is -2.12. The number of thioether (sulfide) groups is 1. The number of aliphatic carboxylic acids is 1. The Morgan fingerprint density at radius 3 is 2.34 bits per heavy atom. The highest BCUT2D eigenvalue weighted by Gasteiger charge is 2.47. The van der Waals surface area contributed by atoms with E-state index >= 15 is 0 Å². The van der Waals surface area contributed by atoms with Gasteiger partial charge in [0.05, 0.1) is 25.4 Å². The Kier molecular flexibility index (Phi) is 12.2. The standard InChI is InChI=1S/C20H31N2O11PS/c1-12(13(23)4-5-16(26)27)14(24)10-17(28)35-9-8-21-15(25)6-7-22-19(29)18-20(2,3)11-32-34(30,31)33-18/h12,18H,4-11H2,1-3H3,(H,21,25)(H,22,29)(H,26,27)(H,30,31)/t12?,18-/m0/s1. The molecule has 3 atom stereocenters. The monoisotopic (exact) mass is 538 g/mol. The molecule has 0 aromatic rings. The number of carbonyl (C=O) groups is 6. The van der Waals surface area contributed by atoms with Gasteiger partial charge in [-0.15, -0.1) is 0 Å². The first-order valence-corrected chi connectivity index (χ1v) is 13.3. The maximum absolute atomic E-state index is 12.3. The molecule has 1 rings (SSSR count). The Morgan fingerprint density at radius 1 is 1.06 bits per heavy atom. The lowest BCUT2D eigenvalue weighted by Gasteiger charge is -2.38. The van der Waals surface area contributed by atoms with Crippen LogP contribution in [0.4, 0.5) is 0 Å². The number of hydrogen-bond acceptors (Lipinski definition) is 10. The zero-order chi connectivity index (χ0) is 26.8. The van der Waals surface area contributed by atoms with Crippen molar-refractivity contribution in [2.75, 3.05) is 25.4 Å². The van der Waals surface area contributed by atoms with Gasteiger partial charge in [0, 0.05) is 37.1 Å². The summed E-state index contributed by atoms with van der Waals surface area (Å²) in [5, 5.41) is 13.1. The first kappa shape index (κ1) is 30.9. The SMILES string of the molecule is CC(C(=O)CCC(=O)O)C(=O)CC(=O)SCCNC(=O)CCNC(=O)[C@@H]1OP(=O)(O)OCC1(C)C. The topological polar surface area (TPSA) is 202 Å². The third-order valence-electron chi connectivity index (χ3n) is 4.99. The van der Waals surface area contributed by atoms with Gasteiger partial charge in [0.1, 0.15) is 5.78 Å². The number of amides is 2. The van der Waals surface area contributed by atoms with E-state index in [4.69, 9.17) is 14.2 Å². The lowest BCUT2D eigenvalue weighted by Crippen LogP contribution is -2.49. The molecule has 1 fully saturated rings. The Morgan fingerprint density at radius 2 is 1.71 bits per heavy atom. The Balaban J connectivity index is 2.25. The maximum Gasteiger partial charge on any atom is 0.472 e. The molecule has 0 bridgehead atoms. The average molecular weight is 539 g/mol. The molecule has 1 aliphatic heterocycles. The molecule has 0 radical (unpaired) electrons. The molecule has 198 valence electrons. The fraction of sp³-hybridized carbons (Fsp3) is 0.700. The highest BCUT2D eigenvalue weighted by Crippen LogP contribution is 2.52. The van der Waals surface area contributed by atoms with Crippen LogP contribution in [0.25, 0.3) is 0 Å². The fourth-order valence-corrected chi connectivity index (χ4v) is 4.72. The van der Waals surface area contributed by atoms with E-state index in [9.17, 15) is 38.2 Å². The first-order chi connectivity index (χ1) is 16.1. The quantitative estimate of drug-likeness (QED) is 0.135. The number of Topliss-reactive ketones (excluding diaryl/α,β-unsaturated/α-hetero) is 2. The van der Waals surface area contributed by atoms with Crippen LogP contribution in [0, 0.1) is 11.3 Å². The van der Waals surface area contributed by atoms with Crippen LogP contribution in [0.2, 0.25) is 0 Å². The zero-order valence-corrected chi connectivity index (χ0v) is 21.4. The number of carbonyl (C=O) groups excluding carboxylic acids is 5. The summed E-state index contributed by atoms with van der Waals surface area (Å²) < 4.78 is 21.1. The van der Waals surface area contributed by atoms with Crippen molar-refractivity contribution in [2.45, 2.75) is 52.6 Å². The second-order valence-electron chi connectivity index (χ2n) is 8.55. The van der Waals surface area contributed by atoms with Crippen molar-refractivity contribution in [1.29, 1.82) is 0 Å². The molecule has 0 aromatic heterocycles. The summed E-state index contributed by atoms with van der Waals surface area (Å²) in [4.78, 5) is 79.8. The predicted molar refractivity (Wildman–Crippen MR) is 123 cm³/mol. The van der Waals surface area contributed by atoms with Crippen LogP contribution in [0.15, 0.2) is 0 Å². The van der Waals surface area contributed by atoms with Gasteiger partial charge < -0.3 is 20.6 Å². The lowest BCUT2D eigenvalue weighted by molar-refractivity contribution is -0.141. The smallest absolute Gasteiger partial charge is 0.472 e. The van der Waals surface area contributed by atoms with E-state index < -0.39 is 66.1 Å². The summed E-state index contributed by atoms with van der Waals surface area (Å²) in [6, 6.07) is 0. The van der Waals surface area contributed by atoms with Crippen molar-refractivity contribution in [1.82, 2.24) is 10.6 Å². The molecule has 13 nitrogen and oxygen atoms in total.